The van der Waals surface area contributed by atoms with Crippen LogP contribution in [0.5, 0.6) is 0 Å². The second-order valence-electron chi connectivity index (χ2n) is 11.7. The van der Waals surface area contributed by atoms with Crippen LogP contribution < -0.4 is 5.32 Å². The summed E-state index contributed by atoms with van der Waals surface area (Å²) in [5, 5.41) is 7.96. The number of anilines is 1. The molecular weight excluding hydrogens is 677 g/mol. The third kappa shape index (κ3) is 6.39. The first-order chi connectivity index (χ1) is 21.9. The number of aryl methyl sites for hydroxylation is 1. The Morgan fingerprint density at radius 3 is 2.57 bits per heavy atom. The van der Waals surface area contributed by atoms with Gasteiger partial charge in [0.15, 0.2) is 5.78 Å². The second kappa shape index (κ2) is 12.4. The van der Waals surface area contributed by atoms with Gasteiger partial charge in [-0.3, -0.25) is 23.6 Å². The van der Waals surface area contributed by atoms with Crippen molar-refractivity contribution < 1.29 is 28.0 Å². The summed E-state index contributed by atoms with van der Waals surface area (Å²) >= 11 is 3.32. The molecule has 15 heteroatoms. The molecular formula is C31H33BrN7O6P. The van der Waals surface area contributed by atoms with E-state index in [0.717, 1.165) is 11.1 Å². The van der Waals surface area contributed by atoms with E-state index >= 15 is 0 Å². The van der Waals surface area contributed by atoms with Gasteiger partial charge in [0, 0.05) is 48.4 Å². The topological polar surface area (TPSA) is 158 Å². The van der Waals surface area contributed by atoms with E-state index in [1.165, 1.54) is 18.3 Å². The number of nitrogens with one attached hydrogen (secondary N) is 1. The fourth-order valence-corrected chi connectivity index (χ4v) is 7.49. The number of amides is 2. The third-order valence-electron chi connectivity index (χ3n) is 8.41. The molecule has 4 atom stereocenters. The van der Waals surface area contributed by atoms with Crippen molar-refractivity contribution in [3.8, 4) is 11.1 Å². The molecule has 0 radical (unpaired) electrons. The molecule has 2 amide bonds. The van der Waals surface area contributed by atoms with Gasteiger partial charge in [-0.15, -0.1) is 0 Å². The molecule has 13 nitrogen and oxygen atoms in total. The van der Waals surface area contributed by atoms with Gasteiger partial charge in [0.25, 0.3) is 0 Å². The van der Waals surface area contributed by atoms with E-state index in [-0.39, 0.29) is 43.2 Å². The summed E-state index contributed by atoms with van der Waals surface area (Å²) in [6, 6.07) is 9.53. The normalized spacial score (nSPS) is 21.5. The van der Waals surface area contributed by atoms with E-state index in [0.29, 0.717) is 40.0 Å². The lowest BCUT2D eigenvalue weighted by Gasteiger charge is -2.27. The molecule has 6 rings (SSSR count). The van der Waals surface area contributed by atoms with Crippen LogP contribution in [0.2, 0.25) is 0 Å². The quantitative estimate of drug-likeness (QED) is 0.127. The van der Waals surface area contributed by atoms with E-state index in [9.17, 15) is 18.9 Å². The molecule has 4 heterocycles. The third-order valence-corrected chi connectivity index (χ3v) is 10.2. The molecule has 1 saturated heterocycles. The zero-order chi connectivity index (χ0) is 32.8. The highest BCUT2D eigenvalue weighted by Gasteiger charge is 2.67. The summed E-state index contributed by atoms with van der Waals surface area (Å²) in [5.41, 5.74) is 1.87. The maximum atomic E-state index is 14.1. The molecule has 46 heavy (non-hydrogen) atoms. The number of benzene rings is 1. The standard InChI is InChI=1S/C31H33BrN7O6P/c1-5-44-46(4,43)45-17-31-12-24(30(42)36-27-8-6-7-26(32)35-27)39(25(31)13-31)28(41)16-38-23-10-9-20(21-14-33-19(3)34-15-21)11-22(23)29(37-38)18(2)40/h6-11,14-15,24-25H,5,12-13,16-17H2,1-4H3,(H,35,36,42)/t24-,25+,31-,46?/m0/s1. The van der Waals surface area contributed by atoms with Gasteiger partial charge in [0.2, 0.25) is 11.8 Å². The van der Waals surface area contributed by atoms with Gasteiger partial charge in [-0.25, -0.2) is 15.0 Å². The van der Waals surface area contributed by atoms with E-state index < -0.39 is 25.0 Å². The van der Waals surface area contributed by atoms with Gasteiger partial charge < -0.3 is 19.3 Å². The molecule has 4 aromatic rings. The van der Waals surface area contributed by atoms with Crippen LogP contribution in [-0.2, 0) is 29.7 Å². The van der Waals surface area contributed by atoms with Crippen molar-refractivity contribution in [1.29, 1.82) is 0 Å². The summed E-state index contributed by atoms with van der Waals surface area (Å²) in [6.07, 6.45) is 4.33. The SMILES string of the molecule is CCOP(C)(=O)OC[C@@]12C[C@@H](C(=O)Nc3cccc(Br)n3)N(C(=O)Cn3nc(C(C)=O)c4cc(-c5cnc(C)nc5)ccc43)[C@@H]1C2. The number of ketones is 1. The number of carbonyl (C=O) groups excluding carboxylic acids is 3. The van der Waals surface area contributed by atoms with Gasteiger partial charge in [-0.1, -0.05) is 12.1 Å². The van der Waals surface area contributed by atoms with Crippen molar-refractivity contribution in [3.63, 3.8) is 0 Å². The number of nitrogens with zero attached hydrogens (tertiary/aromatic N) is 6. The minimum absolute atomic E-state index is 0.0822. The molecule has 0 spiro atoms. The number of Topliss-reactive ketones (excluding diaryl/α,β-unsaturated/α-hetero) is 1. The fourth-order valence-electron chi connectivity index (χ4n) is 6.12. The molecule has 1 saturated carbocycles. The van der Waals surface area contributed by atoms with E-state index in [4.69, 9.17) is 9.05 Å². The molecule has 1 N–H and O–H groups in total. The Morgan fingerprint density at radius 1 is 1.11 bits per heavy atom. The van der Waals surface area contributed by atoms with Gasteiger partial charge >= 0.3 is 7.60 Å². The van der Waals surface area contributed by atoms with Gasteiger partial charge in [-0.2, -0.15) is 5.10 Å². The predicted molar refractivity (Wildman–Crippen MR) is 173 cm³/mol. The van der Waals surface area contributed by atoms with Crippen molar-refractivity contribution in [2.45, 2.75) is 52.2 Å². The molecule has 0 bridgehead atoms. The van der Waals surface area contributed by atoms with Crippen LogP contribution in [0.15, 0.2) is 53.4 Å². The summed E-state index contributed by atoms with van der Waals surface area (Å²) < 4.78 is 25.8. The first-order valence-corrected chi connectivity index (χ1v) is 17.6. The van der Waals surface area contributed by atoms with Crippen LogP contribution >= 0.6 is 23.5 Å². The summed E-state index contributed by atoms with van der Waals surface area (Å²) in [5.74, 6) is 0.00388. The number of likely N-dealkylation sites (tertiary alicyclic amines) is 1. The fraction of sp³-hybridized carbons (Fsp3) is 0.387. The molecule has 1 aliphatic carbocycles. The van der Waals surface area contributed by atoms with Gasteiger partial charge in [0.1, 0.15) is 34.5 Å². The van der Waals surface area contributed by atoms with Crippen LogP contribution in [0.25, 0.3) is 22.0 Å². The zero-order valence-electron chi connectivity index (χ0n) is 25.8. The maximum Gasteiger partial charge on any atom is 0.327 e. The number of piperidine rings is 1. The summed E-state index contributed by atoms with van der Waals surface area (Å²) in [7, 11) is -3.30. The Kier molecular flexibility index (Phi) is 8.66. The lowest BCUT2D eigenvalue weighted by atomic mass is 10.0. The molecule has 1 aromatic carbocycles. The number of carbonyl (C=O) groups is 3. The van der Waals surface area contributed by atoms with E-state index in [1.54, 1.807) is 49.3 Å². The van der Waals surface area contributed by atoms with E-state index in [1.807, 2.05) is 18.2 Å². The number of pyridine rings is 1. The van der Waals surface area contributed by atoms with Crippen LogP contribution in [0.3, 0.4) is 0 Å². The highest BCUT2D eigenvalue weighted by atomic mass is 79.9. The Bertz CT molecular complexity index is 1900. The molecule has 240 valence electrons. The molecule has 1 aliphatic heterocycles. The number of halogens is 1. The van der Waals surface area contributed by atoms with Crippen molar-refractivity contribution in [2.24, 2.45) is 5.41 Å². The van der Waals surface area contributed by atoms with Crippen LogP contribution in [0, 0.1) is 12.3 Å². The lowest BCUT2D eigenvalue weighted by Crippen LogP contribution is -2.46. The molecule has 3 aromatic heterocycles. The first kappa shape index (κ1) is 32.1. The molecule has 2 aliphatic rings. The highest BCUT2D eigenvalue weighted by Crippen LogP contribution is 2.62. The molecule has 2 fully saturated rings. The minimum Gasteiger partial charge on any atom is -0.325 e. The second-order valence-corrected chi connectivity index (χ2v) is 14.6. The minimum atomic E-state index is -3.30. The number of hydrogen-bond acceptors (Lipinski definition) is 10. The summed E-state index contributed by atoms with van der Waals surface area (Å²) in [4.78, 5) is 54.8. The smallest absolute Gasteiger partial charge is 0.325 e. The van der Waals surface area contributed by atoms with Crippen molar-refractivity contribution >= 4 is 57.8 Å². The number of aromatic nitrogens is 5. The van der Waals surface area contributed by atoms with Crippen LogP contribution in [-0.4, -0.2) is 79.2 Å². The van der Waals surface area contributed by atoms with Crippen molar-refractivity contribution in [2.75, 3.05) is 25.2 Å². The van der Waals surface area contributed by atoms with Crippen molar-refractivity contribution in [3.05, 3.63) is 64.9 Å². The predicted octanol–water partition coefficient (Wildman–Crippen LogP) is 5.04. The Labute approximate surface area is 273 Å². The Hall–Kier alpha value is -3.84. The largest absolute Gasteiger partial charge is 0.327 e. The average Bonchev–Trinajstić information content (AvgIpc) is 3.43. The van der Waals surface area contributed by atoms with E-state index in [2.05, 4.69) is 41.3 Å². The molecule has 1 unspecified atom stereocenters. The van der Waals surface area contributed by atoms with Crippen LogP contribution in [0.1, 0.15) is 43.0 Å². The number of hydrogen-bond donors (Lipinski definition) is 1. The number of rotatable bonds is 11. The first-order valence-electron chi connectivity index (χ1n) is 14.8. The summed E-state index contributed by atoms with van der Waals surface area (Å²) in [6.45, 7) is 6.50. The van der Waals surface area contributed by atoms with Crippen LogP contribution in [0.4, 0.5) is 5.82 Å². The average molecular weight is 711 g/mol. The highest BCUT2D eigenvalue weighted by molar-refractivity contribution is 9.10. The maximum absolute atomic E-state index is 14.1. The zero-order valence-corrected chi connectivity index (χ0v) is 28.2. The Balaban J connectivity index is 1.29. The van der Waals surface area contributed by atoms with Gasteiger partial charge in [-0.05, 0) is 72.4 Å². The number of fused-ring (bicyclic) bond motifs is 2. The monoisotopic (exact) mass is 709 g/mol. The van der Waals surface area contributed by atoms with Crippen molar-refractivity contribution in [1.82, 2.24) is 29.6 Å². The van der Waals surface area contributed by atoms with Gasteiger partial charge in [0.05, 0.1) is 18.7 Å². The Morgan fingerprint density at radius 2 is 1.87 bits per heavy atom. The lowest BCUT2D eigenvalue weighted by molar-refractivity contribution is -0.138.